The molecule has 28 heavy (non-hydrogen) atoms. The van der Waals surface area contributed by atoms with E-state index in [-0.39, 0.29) is 4.90 Å². The first kappa shape index (κ1) is 21.6. The number of sulfonamides is 1. The molecular weight excluding hydrogens is 417 g/mol. The molecule has 0 amide bonds. The van der Waals surface area contributed by atoms with E-state index in [0.29, 0.717) is 29.3 Å². The van der Waals surface area contributed by atoms with E-state index in [1.54, 1.807) is 48.5 Å². The van der Waals surface area contributed by atoms with Gasteiger partial charge in [0.25, 0.3) is 0 Å². The Morgan fingerprint density at radius 1 is 1.11 bits per heavy atom. The van der Waals surface area contributed by atoms with Crippen molar-refractivity contribution in [1.29, 1.82) is 0 Å². The molecule has 1 atom stereocenters. The summed E-state index contributed by atoms with van der Waals surface area (Å²) in [6.07, 6.45) is 3.67. The van der Waals surface area contributed by atoms with Gasteiger partial charge >= 0.3 is 0 Å². The van der Waals surface area contributed by atoms with Gasteiger partial charge in [0.1, 0.15) is 0 Å². The van der Waals surface area contributed by atoms with E-state index in [0.717, 1.165) is 5.56 Å². The lowest BCUT2D eigenvalue weighted by Gasteiger charge is -2.31. The van der Waals surface area contributed by atoms with Gasteiger partial charge in [0.15, 0.2) is 0 Å². The second-order valence-electron chi connectivity index (χ2n) is 7.19. The summed E-state index contributed by atoms with van der Waals surface area (Å²) in [6.45, 7) is 1.18. The molecule has 0 aromatic heterocycles. The van der Waals surface area contributed by atoms with Gasteiger partial charge in [-0.25, -0.2) is 13.1 Å². The van der Waals surface area contributed by atoms with E-state index < -0.39 is 16.1 Å². The van der Waals surface area contributed by atoms with Gasteiger partial charge in [-0.05, 0) is 49.7 Å². The largest absolute Gasteiger partial charge is 0.302 e. The third-order valence-electron chi connectivity index (χ3n) is 4.95. The molecule has 5 nitrogen and oxygen atoms in total. The molecule has 0 radical (unpaired) electrons. The van der Waals surface area contributed by atoms with E-state index in [2.05, 4.69) is 14.9 Å². The molecule has 8 heteroatoms. The van der Waals surface area contributed by atoms with Crippen molar-refractivity contribution >= 4 is 33.2 Å². The van der Waals surface area contributed by atoms with Crippen molar-refractivity contribution in [2.45, 2.75) is 36.2 Å². The summed E-state index contributed by atoms with van der Waals surface area (Å²) in [5, 5.41) is 4.33. The van der Waals surface area contributed by atoms with Gasteiger partial charge in [0, 0.05) is 19.3 Å². The average Bonchev–Trinajstić information content (AvgIpc) is 2.63. The Kier molecular flexibility index (Phi) is 7.36. The fourth-order valence-electron chi connectivity index (χ4n) is 3.07. The monoisotopic (exact) mass is 441 g/mol. The normalized spacial score (nSPS) is 16.1. The molecule has 1 aliphatic rings. The van der Waals surface area contributed by atoms with Gasteiger partial charge in [-0.2, -0.15) is 0 Å². The number of hydrogen-bond donors (Lipinski definition) is 2. The Hall–Kier alpha value is -1.15. The summed E-state index contributed by atoms with van der Waals surface area (Å²) in [6, 6.07) is 13.7. The Bertz CT molecular complexity index is 890. The van der Waals surface area contributed by atoms with Crippen LogP contribution in [0.25, 0.3) is 0 Å². The minimum absolute atomic E-state index is 0.232. The fourth-order valence-corrected chi connectivity index (χ4v) is 4.61. The molecule has 1 fully saturated rings. The van der Waals surface area contributed by atoms with Crippen LogP contribution in [0.1, 0.15) is 30.9 Å². The minimum Gasteiger partial charge on any atom is -0.302 e. The predicted octanol–water partition coefficient (Wildman–Crippen LogP) is 4.04. The van der Waals surface area contributed by atoms with E-state index >= 15 is 0 Å². The van der Waals surface area contributed by atoms with Crippen LogP contribution in [0.2, 0.25) is 10.0 Å². The summed E-state index contributed by atoms with van der Waals surface area (Å²) in [5.74, 6) is 0. The van der Waals surface area contributed by atoms with Crippen LogP contribution in [0.5, 0.6) is 0 Å². The highest BCUT2D eigenvalue weighted by molar-refractivity contribution is 7.89. The Labute approximate surface area is 177 Å². The van der Waals surface area contributed by atoms with E-state index in [1.165, 1.54) is 19.3 Å². The maximum Gasteiger partial charge on any atom is 0.241 e. The summed E-state index contributed by atoms with van der Waals surface area (Å²) >= 11 is 12.2. The Morgan fingerprint density at radius 3 is 2.43 bits per heavy atom. The third kappa shape index (κ3) is 5.69. The Balaban J connectivity index is 1.78. The zero-order valence-corrected chi connectivity index (χ0v) is 18.1. The molecule has 0 heterocycles. The third-order valence-corrected chi connectivity index (χ3v) is 7.17. The lowest BCUT2D eigenvalue weighted by atomic mass is 9.93. The molecule has 1 aliphatic carbocycles. The SMILES string of the molecule is CN(CNC1CCC1)CC(NS(=O)(=O)c1ccccc1)c1ccc(Cl)c(Cl)c1. The number of nitrogens with zero attached hydrogens (tertiary/aromatic N) is 1. The van der Waals surface area contributed by atoms with Crippen LogP contribution in [0.4, 0.5) is 0 Å². The van der Waals surface area contributed by atoms with Crippen molar-refractivity contribution in [2.24, 2.45) is 0 Å². The highest BCUT2D eigenvalue weighted by Gasteiger charge is 2.24. The van der Waals surface area contributed by atoms with Crippen molar-refractivity contribution in [3.05, 3.63) is 64.1 Å². The zero-order chi connectivity index (χ0) is 20.1. The van der Waals surface area contributed by atoms with Gasteiger partial charge in [-0.15, -0.1) is 0 Å². The van der Waals surface area contributed by atoms with Gasteiger partial charge in [-0.3, -0.25) is 4.90 Å². The summed E-state index contributed by atoms with van der Waals surface area (Å²) in [5.41, 5.74) is 0.768. The number of halogens is 2. The van der Waals surface area contributed by atoms with Gasteiger partial charge < -0.3 is 5.32 Å². The van der Waals surface area contributed by atoms with Crippen LogP contribution in [0, 0.1) is 0 Å². The van der Waals surface area contributed by atoms with E-state index in [4.69, 9.17) is 23.2 Å². The molecule has 0 bridgehead atoms. The van der Waals surface area contributed by atoms with Crippen LogP contribution in [-0.4, -0.2) is 39.6 Å². The lowest BCUT2D eigenvalue weighted by molar-refractivity contribution is 0.233. The average molecular weight is 442 g/mol. The topological polar surface area (TPSA) is 61.4 Å². The Morgan fingerprint density at radius 2 is 1.82 bits per heavy atom. The lowest BCUT2D eigenvalue weighted by Crippen LogP contribution is -2.44. The van der Waals surface area contributed by atoms with Crippen molar-refractivity contribution < 1.29 is 8.42 Å². The van der Waals surface area contributed by atoms with Crippen LogP contribution in [0.3, 0.4) is 0 Å². The smallest absolute Gasteiger partial charge is 0.241 e. The summed E-state index contributed by atoms with van der Waals surface area (Å²) in [7, 11) is -1.71. The van der Waals surface area contributed by atoms with Gasteiger partial charge in [-0.1, -0.05) is 53.9 Å². The van der Waals surface area contributed by atoms with Crippen LogP contribution in [-0.2, 0) is 10.0 Å². The van der Waals surface area contributed by atoms with Crippen molar-refractivity contribution in [2.75, 3.05) is 20.3 Å². The molecule has 0 saturated heterocycles. The molecule has 2 N–H and O–H groups in total. The highest BCUT2D eigenvalue weighted by Crippen LogP contribution is 2.27. The quantitative estimate of drug-likeness (QED) is 0.576. The second-order valence-corrected chi connectivity index (χ2v) is 9.72. The van der Waals surface area contributed by atoms with Crippen LogP contribution in [0.15, 0.2) is 53.4 Å². The number of likely N-dealkylation sites (N-methyl/N-ethyl adjacent to an activating group) is 1. The standard InChI is InChI=1S/C20H25Cl2N3O2S/c1-25(14-23-16-6-5-7-16)13-20(15-10-11-18(21)19(22)12-15)24-28(26,27)17-8-3-2-4-9-17/h2-4,8-12,16,20,23-24H,5-7,13-14H2,1H3. The van der Waals surface area contributed by atoms with Crippen LogP contribution < -0.4 is 10.0 Å². The first-order chi connectivity index (χ1) is 13.3. The summed E-state index contributed by atoms with van der Waals surface area (Å²) < 4.78 is 28.6. The first-order valence-corrected chi connectivity index (χ1v) is 11.5. The van der Waals surface area contributed by atoms with Crippen molar-refractivity contribution in [1.82, 2.24) is 14.9 Å². The maximum atomic E-state index is 12.9. The van der Waals surface area contributed by atoms with Crippen molar-refractivity contribution in [3.63, 3.8) is 0 Å². The minimum atomic E-state index is -3.67. The van der Waals surface area contributed by atoms with E-state index in [9.17, 15) is 8.42 Å². The predicted molar refractivity (Wildman–Crippen MR) is 114 cm³/mol. The molecule has 0 aliphatic heterocycles. The zero-order valence-electron chi connectivity index (χ0n) is 15.7. The van der Waals surface area contributed by atoms with Gasteiger partial charge in [0.05, 0.1) is 21.0 Å². The molecule has 152 valence electrons. The molecule has 2 aromatic carbocycles. The fraction of sp³-hybridized carbons (Fsp3) is 0.400. The molecule has 1 unspecified atom stereocenters. The molecule has 2 aromatic rings. The van der Waals surface area contributed by atoms with Crippen LogP contribution >= 0.6 is 23.2 Å². The van der Waals surface area contributed by atoms with Gasteiger partial charge in [0.2, 0.25) is 10.0 Å². The molecule has 1 saturated carbocycles. The van der Waals surface area contributed by atoms with E-state index in [1.807, 2.05) is 7.05 Å². The second kappa shape index (κ2) is 9.57. The summed E-state index contributed by atoms with van der Waals surface area (Å²) in [4.78, 5) is 2.30. The number of hydrogen-bond acceptors (Lipinski definition) is 4. The van der Waals surface area contributed by atoms with Crippen molar-refractivity contribution in [3.8, 4) is 0 Å². The molecule has 0 spiro atoms. The molecule has 3 rings (SSSR count). The number of benzene rings is 2. The number of nitrogens with one attached hydrogen (secondary N) is 2. The maximum absolute atomic E-state index is 12.9. The highest BCUT2D eigenvalue weighted by atomic mass is 35.5. The molecular formula is C20H25Cl2N3O2S. The first-order valence-electron chi connectivity index (χ1n) is 9.29. The number of rotatable bonds is 9.